The Morgan fingerprint density at radius 3 is 2.53 bits per heavy atom. The molecule has 0 spiro atoms. The molecule has 0 radical (unpaired) electrons. The van der Waals surface area contributed by atoms with Crippen molar-refractivity contribution in [2.24, 2.45) is 5.73 Å². The Hall–Kier alpha value is -2.15. The molecule has 1 aromatic rings. The van der Waals surface area contributed by atoms with Crippen molar-refractivity contribution in [3.8, 4) is 0 Å². The van der Waals surface area contributed by atoms with Crippen LogP contribution in [-0.2, 0) is 11.3 Å². The van der Waals surface area contributed by atoms with Gasteiger partial charge in [0.15, 0.2) is 0 Å². The van der Waals surface area contributed by atoms with Gasteiger partial charge in [0, 0.05) is 18.8 Å². The van der Waals surface area contributed by atoms with Crippen molar-refractivity contribution in [3.63, 3.8) is 0 Å². The maximum Gasteiger partial charge on any atom is 0.337 e. The molecule has 0 amide bonds. The number of unbranched alkanes of at least 4 members (excludes halogenated alkanes) is 1. The van der Waals surface area contributed by atoms with Gasteiger partial charge >= 0.3 is 11.9 Å². The van der Waals surface area contributed by atoms with E-state index < -0.39 is 18.0 Å². The molecule has 1 aromatic heterocycles. The van der Waals surface area contributed by atoms with Gasteiger partial charge in [-0.2, -0.15) is 0 Å². The van der Waals surface area contributed by atoms with Crippen LogP contribution in [0.4, 0.5) is 0 Å². The lowest BCUT2D eigenvalue weighted by atomic mass is 10.1. The van der Waals surface area contributed by atoms with Gasteiger partial charge in [-0.3, -0.25) is 9.59 Å². The number of aryl methyl sites for hydroxylation is 1. The SMILES string of the molecule is N[C@@H](CCCCn1cc(C(=O)O)ccc1=O)C(=O)O. The molecule has 19 heavy (non-hydrogen) atoms. The molecule has 104 valence electrons. The topological polar surface area (TPSA) is 123 Å². The van der Waals surface area contributed by atoms with Crippen LogP contribution >= 0.6 is 0 Å². The van der Waals surface area contributed by atoms with E-state index in [0.717, 1.165) is 0 Å². The Morgan fingerprint density at radius 2 is 1.95 bits per heavy atom. The summed E-state index contributed by atoms with van der Waals surface area (Å²) in [6.45, 7) is 0.340. The van der Waals surface area contributed by atoms with E-state index in [-0.39, 0.29) is 11.1 Å². The Kier molecular flexibility index (Phi) is 5.25. The summed E-state index contributed by atoms with van der Waals surface area (Å²) in [6, 6.07) is 1.55. The van der Waals surface area contributed by atoms with Gasteiger partial charge in [-0.1, -0.05) is 0 Å². The van der Waals surface area contributed by atoms with E-state index in [9.17, 15) is 14.4 Å². The molecule has 0 aliphatic carbocycles. The average molecular weight is 268 g/mol. The van der Waals surface area contributed by atoms with Crippen molar-refractivity contribution in [2.45, 2.75) is 31.8 Å². The predicted molar refractivity (Wildman–Crippen MR) is 67.1 cm³/mol. The van der Waals surface area contributed by atoms with Gasteiger partial charge < -0.3 is 20.5 Å². The van der Waals surface area contributed by atoms with Crippen molar-refractivity contribution in [1.82, 2.24) is 4.57 Å². The highest BCUT2D eigenvalue weighted by Gasteiger charge is 2.10. The first-order chi connectivity index (χ1) is 8.91. The fourth-order valence-corrected chi connectivity index (χ4v) is 1.60. The number of carboxylic acid groups (broad SMARTS) is 2. The molecule has 0 bridgehead atoms. The molecule has 0 fully saturated rings. The van der Waals surface area contributed by atoms with E-state index in [1.54, 1.807) is 0 Å². The van der Waals surface area contributed by atoms with Gasteiger partial charge in [0.25, 0.3) is 5.56 Å². The highest BCUT2D eigenvalue weighted by atomic mass is 16.4. The van der Waals surface area contributed by atoms with Gasteiger partial charge in [0.2, 0.25) is 0 Å². The molecule has 0 saturated carbocycles. The van der Waals surface area contributed by atoms with Crippen LogP contribution in [0.5, 0.6) is 0 Å². The Bertz CT molecular complexity index is 523. The molecule has 0 saturated heterocycles. The van der Waals surface area contributed by atoms with E-state index in [4.69, 9.17) is 15.9 Å². The quantitative estimate of drug-likeness (QED) is 0.604. The average Bonchev–Trinajstić information content (AvgIpc) is 2.35. The molecule has 4 N–H and O–H groups in total. The number of carboxylic acids is 2. The molecule has 1 rings (SSSR count). The van der Waals surface area contributed by atoms with Crippen LogP contribution < -0.4 is 11.3 Å². The summed E-state index contributed by atoms with van der Waals surface area (Å²) in [5.41, 5.74) is 5.10. The van der Waals surface area contributed by atoms with Crippen molar-refractivity contribution >= 4 is 11.9 Å². The van der Waals surface area contributed by atoms with Crippen molar-refractivity contribution in [2.75, 3.05) is 0 Å². The van der Waals surface area contributed by atoms with E-state index >= 15 is 0 Å². The molecule has 1 atom stereocenters. The molecule has 0 aliphatic rings. The molecule has 1 heterocycles. The van der Waals surface area contributed by atoms with Crippen molar-refractivity contribution in [1.29, 1.82) is 0 Å². The number of rotatable bonds is 7. The minimum atomic E-state index is -1.10. The van der Waals surface area contributed by atoms with E-state index in [1.165, 1.54) is 22.9 Å². The second-order valence-electron chi connectivity index (χ2n) is 4.20. The monoisotopic (exact) mass is 268 g/mol. The fourth-order valence-electron chi connectivity index (χ4n) is 1.60. The number of pyridine rings is 1. The minimum Gasteiger partial charge on any atom is -0.480 e. The van der Waals surface area contributed by atoms with Crippen LogP contribution in [0.3, 0.4) is 0 Å². The lowest BCUT2D eigenvalue weighted by molar-refractivity contribution is -0.138. The number of aliphatic carboxylic acids is 1. The third kappa shape index (κ3) is 4.55. The van der Waals surface area contributed by atoms with E-state index in [0.29, 0.717) is 25.8 Å². The summed E-state index contributed by atoms with van der Waals surface area (Å²) in [4.78, 5) is 32.7. The van der Waals surface area contributed by atoms with Crippen LogP contribution in [0.15, 0.2) is 23.1 Å². The second-order valence-corrected chi connectivity index (χ2v) is 4.20. The van der Waals surface area contributed by atoms with Crippen LogP contribution in [0.1, 0.15) is 29.6 Å². The van der Waals surface area contributed by atoms with E-state index in [2.05, 4.69) is 0 Å². The predicted octanol–water partition coefficient (Wildman–Crippen LogP) is 0.129. The highest BCUT2D eigenvalue weighted by molar-refractivity contribution is 5.87. The lowest BCUT2D eigenvalue weighted by Gasteiger charge is -2.08. The third-order valence-electron chi connectivity index (χ3n) is 2.71. The maximum absolute atomic E-state index is 11.5. The van der Waals surface area contributed by atoms with Gasteiger partial charge in [0.1, 0.15) is 6.04 Å². The number of hydrogen-bond acceptors (Lipinski definition) is 4. The normalized spacial score (nSPS) is 12.1. The first kappa shape index (κ1) is 14.9. The number of nitrogens with zero attached hydrogens (tertiary/aromatic N) is 1. The smallest absolute Gasteiger partial charge is 0.337 e. The zero-order valence-corrected chi connectivity index (χ0v) is 10.3. The summed E-state index contributed by atoms with van der Waals surface area (Å²) in [7, 11) is 0. The molecule has 0 aliphatic heterocycles. The third-order valence-corrected chi connectivity index (χ3v) is 2.71. The summed E-state index contributed by atoms with van der Waals surface area (Å²) in [6.07, 6.45) is 2.71. The van der Waals surface area contributed by atoms with Crippen LogP contribution in [0.25, 0.3) is 0 Å². The number of hydrogen-bond donors (Lipinski definition) is 3. The largest absolute Gasteiger partial charge is 0.480 e. The number of nitrogens with two attached hydrogens (primary N) is 1. The molecular weight excluding hydrogens is 252 g/mol. The van der Waals surface area contributed by atoms with Crippen molar-refractivity contribution in [3.05, 3.63) is 34.2 Å². The van der Waals surface area contributed by atoms with E-state index in [1.807, 2.05) is 0 Å². The maximum atomic E-state index is 11.5. The second kappa shape index (κ2) is 6.69. The van der Waals surface area contributed by atoms with Crippen LogP contribution in [0.2, 0.25) is 0 Å². The molecule has 7 nitrogen and oxygen atoms in total. The zero-order valence-electron chi connectivity index (χ0n) is 10.3. The molecular formula is C12H16N2O5. The van der Waals surface area contributed by atoms with Gasteiger partial charge in [-0.05, 0) is 25.3 Å². The lowest BCUT2D eigenvalue weighted by Crippen LogP contribution is -2.30. The zero-order chi connectivity index (χ0) is 14.4. The molecule has 0 unspecified atom stereocenters. The number of aromatic carboxylic acids is 1. The van der Waals surface area contributed by atoms with Crippen LogP contribution in [0, 0.1) is 0 Å². The summed E-state index contributed by atoms with van der Waals surface area (Å²) in [5, 5.41) is 17.4. The van der Waals surface area contributed by atoms with Gasteiger partial charge in [-0.15, -0.1) is 0 Å². The standard InChI is InChI=1S/C12H16N2O5/c13-9(12(18)19)3-1-2-6-14-7-8(11(16)17)4-5-10(14)15/h4-5,7,9H,1-3,6,13H2,(H,16,17)(H,18,19)/t9-/m0/s1. The Balaban J connectivity index is 2.54. The van der Waals surface area contributed by atoms with Crippen molar-refractivity contribution < 1.29 is 19.8 Å². The highest BCUT2D eigenvalue weighted by Crippen LogP contribution is 2.02. The fraction of sp³-hybridized carbons (Fsp3) is 0.417. The Labute approximate surface area is 109 Å². The first-order valence-corrected chi connectivity index (χ1v) is 5.84. The number of carbonyl (C=O) groups is 2. The molecule has 0 aromatic carbocycles. The van der Waals surface area contributed by atoms with Gasteiger partial charge in [0.05, 0.1) is 5.56 Å². The van der Waals surface area contributed by atoms with Gasteiger partial charge in [-0.25, -0.2) is 4.79 Å². The summed E-state index contributed by atoms with van der Waals surface area (Å²) in [5.74, 6) is -2.15. The molecule has 7 heteroatoms. The summed E-state index contributed by atoms with van der Waals surface area (Å²) >= 11 is 0. The minimum absolute atomic E-state index is 0.0434. The first-order valence-electron chi connectivity index (χ1n) is 5.84. The summed E-state index contributed by atoms with van der Waals surface area (Å²) < 4.78 is 1.30. The van der Waals surface area contributed by atoms with Crippen LogP contribution in [-0.4, -0.2) is 32.8 Å². The number of aromatic nitrogens is 1. The Morgan fingerprint density at radius 1 is 1.26 bits per heavy atom.